The summed E-state index contributed by atoms with van der Waals surface area (Å²) in [5.74, 6) is 1.83. The van der Waals surface area contributed by atoms with Crippen molar-refractivity contribution in [1.82, 2.24) is 9.88 Å². The Labute approximate surface area is 175 Å². The van der Waals surface area contributed by atoms with Crippen molar-refractivity contribution in [2.45, 2.75) is 55.3 Å². The van der Waals surface area contributed by atoms with Crippen LogP contribution in [-0.4, -0.2) is 39.7 Å². The molecule has 2 aliphatic heterocycles. The van der Waals surface area contributed by atoms with Gasteiger partial charge in [0.1, 0.15) is 5.75 Å². The van der Waals surface area contributed by atoms with E-state index >= 15 is 0 Å². The average molecular weight is 399 g/mol. The summed E-state index contributed by atoms with van der Waals surface area (Å²) in [5.41, 5.74) is 5.19. The Hall–Kier alpha value is -2.30. The lowest BCUT2D eigenvalue weighted by molar-refractivity contribution is -0.173. The predicted octanol–water partition coefficient (Wildman–Crippen LogP) is 3.87. The number of hydrogen-bond donors (Lipinski definition) is 2. The number of aliphatic hydroxyl groups is 1. The second-order valence-electron chi connectivity index (χ2n) is 10.3. The van der Waals surface area contributed by atoms with E-state index in [1.807, 2.05) is 0 Å². The monoisotopic (exact) mass is 398 g/mol. The summed E-state index contributed by atoms with van der Waals surface area (Å²) < 4.78 is 6.72. The minimum absolute atomic E-state index is 0.124. The van der Waals surface area contributed by atoms with Gasteiger partial charge in [0.2, 0.25) is 0 Å². The number of hydrogen-bond acceptors (Lipinski definition) is 3. The van der Waals surface area contributed by atoms with Gasteiger partial charge in [-0.25, -0.2) is 0 Å². The summed E-state index contributed by atoms with van der Waals surface area (Å²) in [5, 5.41) is 13.9. The summed E-state index contributed by atoms with van der Waals surface area (Å²) in [4.78, 5) is 6.34. The number of piperidine rings is 1. The van der Waals surface area contributed by atoms with Crippen molar-refractivity contribution in [1.29, 1.82) is 0 Å². The van der Waals surface area contributed by atoms with Gasteiger partial charge in [-0.2, -0.15) is 0 Å². The van der Waals surface area contributed by atoms with Crippen molar-refractivity contribution < 1.29 is 9.84 Å². The Morgan fingerprint density at radius 1 is 1.13 bits per heavy atom. The zero-order valence-electron chi connectivity index (χ0n) is 17.0. The minimum atomic E-state index is -0.789. The molecule has 8 rings (SSSR count). The van der Waals surface area contributed by atoms with E-state index in [-0.39, 0.29) is 17.6 Å². The minimum Gasteiger partial charge on any atom is -0.483 e. The second-order valence-corrected chi connectivity index (χ2v) is 10.3. The molecule has 30 heavy (non-hydrogen) atoms. The number of para-hydroxylation sites is 1. The smallest absolute Gasteiger partial charge is 0.151 e. The van der Waals surface area contributed by atoms with Gasteiger partial charge in [0.15, 0.2) is 6.10 Å². The third-order valence-corrected chi connectivity index (χ3v) is 8.97. The van der Waals surface area contributed by atoms with Crippen molar-refractivity contribution in [2.24, 2.45) is 5.92 Å². The first-order chi connectivity index (χ1) is 14.7. The molecule has 1 aromatic heterocycles. The lowest BCUT2D eigenvalue weighted by atomic mass is 9.49. The molecule has 2 aromatic carbocycles. The normalized spacial score (nSPS) is 35.8. The molecule has 2 bridgehead atoms. The predicted molar refractivity (Wildman–Crippen MR) is 115 cm³/mol. The van der Waals surface area contributed by atoms with Gasteiger partial charge >= 0.3 is 0 Å². The first-order valence-corrected chi connectivity index (χ1v) is 11.5. The van der Waals surface area contributed by atoms with Crippen LogP contribution in [0.3, 0.4) is 0 Å². The van der Waals surface area contributed by atoms with Crippen LogP contribution >= 0.6 is 0 Å². The van der Waals surface area contributed by atoms with E-state index in [1.54, 1.807) is 0 Å². The number of benzene rings is 2. The van der Waals surface area contributed by atoms with Crippen LogP contribution in [0.5, 0.6) is 5.75 Å². The van der Waals surface area contributed by atoms with E-state index in [2.05, 4.69) is 52.3 Å². The zero-order valence-corrected chi connectivity index (χ0v) is 17.0. The molecule has 2 N–H and O–H groups in total. The number of nitrogens with zero attached hydrogens (tertiary/aromatic N) is 1. The molecule has 1 saturated carbocycles. The molecule has 5 aliphatic rings. The number of rotatable bonds is 2. The fourth-order valence-corrected chi connectivity index (χ4v) is 7.54. The van der Waals surface area contributed by atoms with Crippen LogP contribution in [0.15, 0.2) is 42.5 Å². The number of aromatic nitrogens is 1. The van der Waals surface area contributed by atoms with Crippen molar-refractivity contribution in [3.63, 3.8) is 0 Å². The molecule has 4 atom stereocenters. The van der Waals surface area contributed by atoms with Crippen LogP contribution in [0.25, 0.3) is 10.9 Å². The highest BCUT2D eigenvalue weighted by atomic mass is 16.5. The van der Waals surface area contributed by atoms with E-state index < -0.39 is 5.60 Å². The van der Waals surface area contributed by atoms with Gasteiger partial charge in [0, 0.05) is 35.5 Å². The van der Waals surface area contributed by atoms with Crippen LogP contribution in [-0.2, 0) is 18.3 Å². The number of fused-ring (bicyclic) bond motifs is 4. The highest BCUT2D eigenvalue weighted by Crippen LogP contribution is 2.67. The van der Waals surface area contributed by atoms with E-state index in [9.17, 15) is 5.11 Å². The van der Waals surface area contributed by atoms with E-state index in [1.165, 1.54) is 40.6 Å². The Morgan fingerprint density at radius 3 is 2.93 bits per heavy atom. The molecule has 2 fully saturated rings. The molecule has 3 aliphatic carbocycles. The van der Waals surface area contributed by atoms with Crippen molar-refractivity contribution in [3.05, 3.63) is 64.8 Å². The van der Waals surface area contributed by atoms with Crippen molar-refractivity contribution in [3.8, 4) is 5.75 Å². The van der Waals surface area contributed by atoms with Gasteiger partial charge in [-0.1, -0.05) is 30.3 Å². The summed E-state index contributed by atoms with van der Waals surface area (Å²) in [6, 6.07) is 15.2. The van der Waals surface area contributed by atoms with Gasteiger partial charge in [-0.3, -0.25) is 4.90 Å². The summed E-state index contributed by atoms with van der Waals surface area (Å²) in [6.07, 6.45) is 5.20. The highest BCUT2D eigenvalue weighted by molar-refractivity contribution is 5.86. The lowest BCUT2D eigenvalue weighted by Crippen LogP contribution is -2.74. The lowest BCUT2D eigenvalue weighted by Gasteiger charge is -2.62. The Morgan fingerprint density at radius 2 is 2.03 bits per heavy atom. The van der Waals surface area contributed by atoms with Crippen LogP contribution in [0.1, 0.15) is 47.8 Å². The van der Waals surface area contributed by atoms with Crippen LogP contribution in [0.4, 0.5) is 0 Å². The third-order valence-electron chi connectivity index (χ3n) is 8.97. The SMILES string of the molecule is O[C@@]12Cc3c([nH]c4ccccc34)[C@H]3Oc4cccc5c4[C@@]31CCN(CC1CC1)[C@@H]2C5. The summed E-state index contributed by atoms with van der Waals surface area (Å²) in [6.45, 7) is 2.21. The standard InChI is InChI=1S/C26H26N2O2/c29-26-13-18-17-5-1-2-6-19(17)27-23(18)24-25(26)10-11-28(14-15-8-9-15)21(26)12-16-4-3-7-20(30-24)22(16)25/h1-7,15,21,24,27,29H,8-14H2/t21-,24-,25+,26-/m1/s1. The van der Waals surface area contributed by atoms with Gasteiger partial charge < -0.3 is 14.8 Å². The molecule has 1 saturated heterocycles. The van der Waals surface area contributed by atoms with E-state index in [0.717, 1.165) is 43.1 Å². The quantitative estimate of drug-likeness (QED) is 0.689. The molecule has 3 aromatic rings. The molecule has 3 heterocycles. The fourth-order valence-electron chi connectivity index (χ4n) is 7.54. The van der Waals surface area contributed by atoms with E-state index in [0.29, 0.717) is 6.42 Å². The number of likely N-dealkylation sites (tertiary alicyclic amines) is 1. The van der Waals surface area contributed by atoms with Gasteiger partial charge in [-0.05, 0) is 61.4 Å². The molecule has 4 nitrogen and oxygen atoms in total. The maximum Gasteiger partial charge on any atom is 0.151 e. The topological polar surface area (TPSA) is 48.5 Å². The first kappa shape index (κ1) is 16.4. The van der Waals surface area contributed by atoms with Gasteiger partial charge in [-0.15, -0.1) is 0 Å². The molecule has 4 heteroatoms. The maximum atomic E-state index is 12.7. The maximum absolute atomic E-state index is 12.7. The molecule has 0 unspecified atom stereocenters. The summed E-state index contributed by atoms with van der Waals surface area (Å²) in [7, 11) is 0. The molecular formula is C26H26N2O2. The van der Waals surface area contributed by atoms with Gasteiger partial charge in [0.25, 0.3) is 0 Å². The molecule has 152 valence electrons. The van der Waals surface area contributed by atoms with Crippen LogP contribution in [0, 0.1) is 5.92 Å². The van der Waals surface area contributed by atoms with Gasteiger partial charge in [0.05, 0.1) is 16.7 Å². The highest BCUT2D eigenvalue weighted by Gasteiger charge is 2.72. The first-order valence-electron chi connectivity index (χ1n) is 11.5. The number of aromatic amines is 1. The molecule has 0 amide bonds. The van der Waals surface area contributed by atoms with Crippen LogP contribution in [0.2, 0.25) is 0 Å². The van der Waals surface area contributed by atoms with Crippen molar-refractivity contribution in [2.75, 3.05) is 13.1 Å². The average Bonchev–Trinajstić information content (AvgIpc) is 3.39. The molecular weight excluding hydrogens is 372 g/mol. The number of nitrogens with one attached hydrogen (secondary N) is 1. The third kappa shape index (κ3) is 1.71. The fraction of sp³-hybridized carbons (Fsp3) is 0.462. The van der Waals surface area contributed by atoms with Crippen LogP contribution < -0.4 is 4.74 Å². The zero-order chi connectivity index (χ0) is 19.7. The second kappa shape index (κ2) is 5.12. The largest absolute Gasteiger partial charge is 0.483 e. The number of ether oxygens (including phenoxy) is 1. The number of H-pyrrole nitrogens is 1. The molecule has 1 spiro atoms. The Balaban J connectivity index is 1.42. The van der Waals surface area contributed by atoms with Crippen molar-refractivity contribution >= 4 is 10.9 Å². The molecule has 0 radical (unpaired) electrons. The van der Waals surface area contributed by atoms with E-state index in [4.69, 9.17) is 4.74 Å². The Bertz CT molecular complexity index is 1230. The summed E-state index contributed by atoms with van der Waals surface area (Å²) >= 11 is 0. The Kier molecular flexibility index (Phi) is 2.80.